The Kier molecular flexibility index (Phi) is 4.72. The highest BCUT2D eigenvalue weighted by Gasteiger charge is 2.41. The molecule has 0 aromatic heterocycles. The molecule has 0 amide bonds. The molecular formula is C18H34N2. The predicted octanol–water partition coefficient (Wildman–Crippen LogP) is 3.95. The summed E-state index contributed by atoms with van der Waals surface area (Å²) in [7, 11) is 0. The van der Waals surface area contributed by atoms with Crippen LogP contribution < -0.4 is 5.32 Å². The summed E-state index contributed by atoms with van der Waals surface area (Å²) < 4.78 is 0. The molecule has 1 heterocycles. The summed E-state index contributed by atoms with van der Waals surface area (Å²) in [6.07, 6.45) is 14.5. The van der Waals surface area contributed by atoms with Gasteiger partial charge in [-0.25, -0.2) is 0 Å². The standard InChI is InChI=1S/C18H34N2/c1-15-13-19-18(11-7-4-8-12-18)14-20(15)16(2)17-9-5-3-6-10-17/h15-17,19H,3-14H2,1-2H3. The van der Waals surface area contributed by atoms with Gasteiger partial charge in [0.1, 0.15) is 0 Å². The van der Waals surface area contributed by atoms with Gasteiger partial charge < -0.3 is 5.32 Å². The smallest absolute Gasteiger partial charge is 0.0309 e. The summed E-state index contributed by atoms with van der Waals surface area (Å²) in [4.78, 5) is 2.87. The first-order valence-electron chi connectivity index (χ1n) is 9.21. The minimum absolute atomic E-state index is 0.466. The molecule has 2 heteroatoms. The van der Waals surface area contributed by atoms with Crippen molar-refractivity contribution in [1.82, 2.24) is 10.2 Å². The lowest BCUT2D eigenvalue weighted by Crippen LogP contribution is -2.66. The Morgan fingerprint density at radius 1 is 1.00 bits per heavy atom. The molecule has 0 radical (unpaired) electrons. The van der Waals surface area contributed by atoms with Crippen molar-refractivity contribution in [1.29, 1.82) is 0 Å². The monoisotopic (exact) mass is 278 g/mol. The molecule has 2 saturated carbocycles. The summed E-state index contributed by atoms with van der Waals surface area (Å²) >= 11 is 0. The molecule has 0 aromatic rings. The van der Waals surface area contributed by atoms with Gasteiger partial charge in [-0.05, 0) is 45.4 Å². The number of nitrogens with zero attached hydrogens (tertiary/aromatic N) is 1. The molecule has 1 N–H and O–H groups in total. The molecule has 1 spiro atoms. The van der Waals surface area contributed by atoms with Crippen molar-refractivity contribution in [3.63, 3.8) is 0 Å². The molecule has 20 heavy (non-hydrogen) atoms. The van der Waals surface area contributed by atoms with E-state index < -0.39 is 0 Å². The molecule has 1 saturated heterocycles. The first-order chi connectivity index (χ1) is 9.70. The maximum atomic E-state index is 3.93. The Bertz CT molecular complexity index is 303. The van der Waals surface area contributed by atoms with E-state index in [0.29, 0.717) is 5.54 Å². The largest absolute Gasteiger partial charge is 0.308 e. The fourth-order valence-electron chi connectivity index (χ4n) is 5.04. The van der Waals surface area contributed by atoms with Crippen LogP contribution in [0.4, 0.5) is 0 Å². The Morgan fingerprint density at radius 3 is 2.35 bits per heavy atom. The van der Waals surface area contributed by atoms with E-state index in [0.717, 1.165) is 18.0 Å². The zero-order valence-electron chi connectivity index (χ0n) is 13.7. The van der Waals surface area contributed by atoms with Gasteiger partial charge in [0.05, 0.1) is 0 Å². The molecular weight excluding hydrogens is 244 g/mol. The van der Waals surface area contributed by atoms with Crippen molar-refractivity contribution in [3.05, 3.63) is 0 Å². The third-order valence-electron chi connectivity index (χ3n) is 6.49. The maximum absolute atomic E-state index is 3.93. The zero-order chi connectivity index (χ0) is 14.0. The topological polar surface area (TPSA) is 15.3 Å². The van der Waals surface area contributed by atoms with E-state index in [1.54, 1.807) is 0 Å². The van der Waals surface area contributed by atoms with Crippen LogP contribution in [0.2, 0.25) is 0 Å². The molecule has 3 fully saturated rings. The van der Waals surface area contributed by atoms with Crippen molar-refractivity contribution in [3.8, 4) is 0 Å². The quantitative estimate of drug-likeness (QED) is 0.822. The van der Waals surface area contributed by atoms with Crippen LogP contribution in [0.25, 0.3) is 0 Å². The van der Waals surface area contributed by atoms with Gasteiger partial charge in [0.2, 0.25) is 0 Å². The Labute approximate surface area is 125 Å². The van der Waals surface area contributed by atoms with Gasteiger partial charge >= 0.3 is 0 Å². The van der Waals surface area contributed by atoms with Crippen LogP contribution >= 0.6 is 0 Å². The fourth-order valence-corrected chi connectivity index (χ4v) is 5.04. The second kappa shape index (κ2) is 6.36. The lowest BCUT2D eigenvalue weighted by molar-refractivity contribution is 0.0107. The fraction of sp³-hybridized carbons (Fsp3) is 1.00. The van der Waals surface area contributed by atoms with E-state index in [9.17, 15) is 0 Å². The summed E-state index contributed by atoms with van der Waals surface area (Å²) in [5.41, 5.74) is 0.466. The van der Waals surface area contributed by atoms with Gasteiger partial charge in [-0.3, -0.25) is 4.90 Å². The molecule has 1 aliphatic heterocycles. The van der Waals surface area contributed by atoms with Crippen molar-refractivity contribution in [2.75, 3.05) is 13.1 Å². The Morgan fingerprint density at radius 2 is 1.65 bits per heavy atom. The molecule has 2 nitrogen and oxygen atoms in total. The molecule has 116 valence electrons. The molecule has 0 aromatic carbocycles. The van der Waals surface area contributed by atoms with Crippen molar-refractivity contribution in [2.24, 2.45) is 5.92 Å². The van der Waals surface area contributed by atoms with Crippen molar-refractivity contribution < 1.29 is 0 Å². The highest BCUT2D eigenvalue weighted by Crippen LogP contribution is 2.35. The van der Waals surface area contributed by atoms with Gasteiger partial charge in [-0.2, -0.15) is 0 Å². The van der Waals surface area contributed by atoms with Crippen LogP contribution in [0.3, 0.4) is 0 Å². The number of rotatable bonds is 2. The molecule has 3 aliphatic rings. The summed E-state index contributed by atoms with van der Waals surface area (Å²) in [6, 6.07) is 1.52. The minimum Gasteiger partial charge on any atom is -0.308 e. The van der Waals surface area contributed by atoms with E-state index in [4.69, 9.17) is 0 Å². The van der Waals surface area contributed by atoms with Crippen molar-refractivity contribution in [2.45, 2.75) is 95.7 Å². The predicted molar refractivity (Wildman–Crippen MR) is 86.0 cm³/mol. The second-order valence-electron chi connectivity index (χ2n) is 7.88. The van der Waals surface area contributed by atoms with Crippen molar-refractivity contribution >= 4 is 0 Å². The Balaban J connectivity index is 1.66. The normalized spacial score (nSPS) is 34.2. The van der Waals surface area contributed by atoms with Gasteiger partial charge in [-0.15, -0.1) is 0 Å². The number of nitrogens with one attached hydrogen (secondary N) is 1. The number of piperazine rings is 1. The van der Waals surface area contributed by atoms with E-state index in [1.165, 1.54) is 77.3 Å². The van der Waals surface area contributed by atoms with Crippen LogP contribution in [-0.4, -0.2) is 35.6 Å². The molecule has 2 atom stereocenters. The van der Waals surface area contributed by atoms with Gasteiger partial charge in [-0.1, -0.05) is 38.5 Å². The minimum atomic E-state index is 0.466. The first kappa shape index (κ1) is 14.8. The van der Waals surface area contributed by atoms with E-state index in [1.807, 2.05) is 0 Å². The summed E-state index contributed by atoms with van der Waals surface area (Å²) in [6.45, 7) is 7.47. The highest BCUT2D eigenvalue weighted by atomic mass is 15.3. The van der Waals surface area contributed by atoms with E-state index >= 15 is 0 Å². The van der Waals surface area contributed by atoms with E-state index in [2.05, 4.69) is 24.1 Å². The lowest BCUT2D eigenvalue weighted by Gasteiger charge is -2.52. The van der Waals surface area contributed by atoms with Gasteiger partial charge in [0.25, 0.3) is 0 Å². The van der Waals surface area contributed by atoms with Crippen LogP contribution in [0.1, 0.15) is 78.1 Å². The number of hydrogen-bond donors (Lipinski definition) is 1. The average molecular weight is 278 g/mol. The average Bonchev–Trinajstić information content (AvgIpc) is 2.51. The maximum Gasteiger partial charge on any atom is 0.0309 e. The van der Waals surface area contributed by atoms with E-state index in [-0.39, 0.29) is 0 Å². The summed E-state index contributed by atoms with van der Waals surface area (Å²) in [5.74, 6) is 0.963. The molecule has 0 bridgehead atoms. The molecule has 2 aliphatic carbocycles. The van der Waals surface area contributed by atoms with Gasteiger partial charge in [0, 0.05) is 30.7 Å². The third kappa shape index (κ3) is 3.06. The lowest BCUT2D eigenvalue weighted by atomic mass is 9.77. The van der Waals surface area contributed by atoms with Crippen LogP contribution in [-0.2, 0) is 0 Å². The van der Waals surface area contributed by atoms with Crippen LogP contribution in [0.15, 0.2) is 0 Å². The van der Waals surface area contributed by atoms with Crippen LogP contribution in [0, 0.1) is 5.92 Å². The highest BCUT2D eigenvalue weighted by molar-refractivity contribution is 5.00. The second-order valence-corrected chi connectivity index (χ2v) is 7.88. The van der Waals surface area contributed by atoms with Crippen LogP contribution in [0.5, 0.6) is 0 Å². The van der Waals surface area contributed by atoms with Gasteiger partial charge in [0.15, 0.2) is 0 Å². The first-order valence-corrected chi connectivity index (χ1v) is 9.21. The SMILES string of the molecule is CC1CNC2(CCCCC2)CN1C(C)C1CCCCC1. The Hall–Kier alpha value is -0.0800. The third-order valence-corrected chi connectivity index (χ3v) is 6.49. The summed E-state index contributed by atoms with van der Waals surface area (Å²) in [5, 5.41) is 3.93. The molecule has 3 rings (SSSR count). The molecule has 2 unspecified atom stereocenters. The zero-order valence-corrected chi connectivity index (χ0v) is 13.7. The number of hydrogen-bond acceptors (Lipinski definition) is 2.